The number of amides is 2. The predicted molar refractivity (Wildman–Crippen MR) is 107 cm³/mol. The molecule has 5 rings (SSSR count). The molecule has 2 amide bonds. The van der Waals surface area contributed by atoms with Gasteiger partial charge in [-0.15, -0.1) is 0 Å². The number of carbonyl (C=O) groups is 2. The van der Waals surface area contributed by atoms with E-state index in [1.165, 1.54) is 19.3 Å². The van der Waals surface area contributed by atoms with Gasteiger partial charge in [-0.3, -0.25) is 9.59 Å². The Morgan fingerprint density at radius 2 is 1.67 bits per heavy atom. The second-order valence-electron chi connectivity index (χ2n) is 9.42. The van der Waals surface area contributed by atoms with E-state index in [1.807, 2.05) is 32.0 Å². The second-order valence-corrected chi connectivity index (χ2v) is 9.42. The van der Waals surface area contributed by atoms with Gasteiger partial charge in [0, 0.05) is 24.1 Å². The highest BCUT2D eigenvalue weighted by molar-refractivity contribution is 5.91. The number of carbonyl (C=O) groups excluding carboxylic acids is 2. The van der Waals surface area contributed by atoms with Crippen LogP contribution in [0.2, 0.25) is 0 Å². The van der Waals surface area contributed by atoms with E-state index in [0.717, 1.165) is 53.8 Å². The number of rotatable bonds is 6. The molecule has 0 unspecified atom stereocenters. The molecule has 4 saturated carbocycles. The Morgan fingerprint density at radius 3 is 2.30 bits per heavy atom. The summed E-state index contributed by atoms with van der Waals surface area (Å²) >= 11 is 0. The summed E-state index contributed by atoms with van der Waals surface area (Å²) in [5, 5.41) is 6.16. The summed E-state index contributed by atoms with van der Waals surface area (Å²) in [7, 11) is 0. The van der Waals surface area contributed by atoms with Gasteiger partial charge in [0.25, 0.3) is 0 Å². The van der Waals surface area contributed by atoms with E-state index in [4.69, 9.17) is 0 Å². The number of hydrogen-bond acceptors (Lipinski definition) is 2. The van der Waals surface area contributed by atoms with Gasteiger partial charge in [0.05, 0.1) is 0 Å². The molecule has 1 aromatic carbocycles. The average Bonchev–Trinajstić information content (AvgIpc) is 2.60. The molecular formula is C23H32N2O2. The van der Waals surface area contributed by atoms with Gasteiger partial charge in [-0.1, -0.05) is 12.1 Å². The van der Waals surface area contributed by atoms with Crippen LogP contribution in [-0.2, 0) is 9.59 Å². The molecule has 4 nitrogen and oxygen atoms in total. The summed E-state index contributed by atoms with van der Waals surface area (Å²) in [6.45, 7) is 4.62. The number of hydrogen-bond donors (Lipinski definition) is 2. The second kappa shape index (κ2) is 7.29. The largest absolute Gasteiger partial charge is 0.356 e. The first-order valence-corrected chi connectivity index (χ1v) is 10.6. The molecular weight excluding hydrogens is 336 g/mol. The fourth-order valence-corrected chi connectivity index (χ4v) is 6.11. The van der Waals surface area contributed by atoms with Gasteiger partial charge >= 0.3 is 0 Å². The van der Waals surface area contributed by atoms with E-state index < -0.39 is 0 Å². The smallest absolute Gasteiger partial charge is 0.226 e. The van der Waals surface area contributed by atoms with Gasteiger partial charge < -0.3 is 10.6 Å². The molecule has 0 radical (unpaired) electrons. The quantitative estimate of drug-likeness (QED) is 0.733. The molecule has 0 aromatic heterocycles. The fourth-order valence-electron chi connectivity index (χ4n) is 6.11. The first kappa shape index (κ1) is 18.5. The third kappa shape index (κ3) is 3.90. The molecule has 146 valence electrons. The summed E-state index contributed by atoms with van der Waals surface area (Å²) in [6, 6.07) is 6.07. The Kier molecular flexibility index (Phi) is 5.00. The monoisotopic (exact) mass is 368 g/mol. The molecule has 0 atom stereocenters. The molecule has 0 saturated heterocycles. The maximum absolute atomic E-state index is 12.9. The molecule has 0 spiro atoms. The number of aryl methyl sites for hydroxylation is 2. The van der Waals surface area contributed by atoms with Crippen molar-refractivity contribution in [3.05, 3.63) is 29.3 Å². The lowest BCUT2D eigenvalue weighted by molar-refractivity contribution is -0.146. The topological polar surface area (TPSA) is 58.2 Å². The molecule has 0 aliphatic heterocycles. The van der Waals surface area contributed by atoms with Crippen LogP contribution in [0.4, 0.5) is 5.69 Å². The van der Waals surface area contributed by atoms with Crippen molar-refractivity contribution in [1.29, 1.82) is 0 Å². The van der Waals surface area contributed by atoms with Crippen LogP contribution in [0.25, 0.3) is 0 Å². The van der Waals surface area contributed by atoms with Crippen LogP contribution in [0.3, 0.4) is 0 Å². The van der Waals surface area contributed by atoms with E-state index in [-0.39, 0.29) is 17.2 Å². The summed E-state index contributed by atoms with van der Waals surface area (Å²) < 4.78 is 0. The van der Waals surface area contributed by atoms with Gasteiger partial charge in [-0.2, -0.15) is 0 Å². The normalized spacial score (nSPS) is 31.0. The van der Waals surface area contributed by atoms with E-state index in [2.05, 4.69) is 10.6 Å². The van der Waals surface area contributed by atoms with Gasteiger partial charge in [-0.05, 0) is 93.7 Å². The van der Waals surface area contributed by atoms with Crippen LogP contribution in [0, 0.1) is 37.0 Å². The molecule has 2 N–H and O–H groups in total. The van der Waals surface area contributed by atoms with Crippen molar-refractivity contribution in [2.24, 2.45) is 23.2 Å². The van der Waals surface area contributed by atoms with Crippen LogP contribution in [0.1, 0.15) is 62.5 Å². The van der Waals surface area contributed by atoms with Crippen molar-refractivity contribution < 1.29 is 9.59 Å². The third-order valence-corrected chi connectivity index (χ3v) is 7.05. The molecule has 1 aromatic rings. The lowest BCUT2D eigenvalue weighted by Crippen LogP contribution is -2.53. The molecule has 0 heterocycles. The highest BCUT2D eigenvalue weighted by atomic mass is 16.2. The summed E-state index contributed by atoms with van der Waals surface area (Å²) in [5.41, 5.74) is 3.01. The lowest BCUT2D eigenvalue weighted by Gasteiger charge is -2.55. The summed E-state index contributed by atoms with van der Waals surface area (Å²) in [6.07, 6.45) is 8.47. The predicted octanol–water partition coefficient (Wildman–Crippen LogP) is 4.35. The standard InChI is InChI=1S/C23H32N2O2/c1-15-5-6-16(2)20(8-15)25-21(26)4-3-7-24-22(27)23-12-17-9-18(13-23)11-19(10-17)14-23/h5-6,8,17-19H,3-4,7,9-14H2,1-2H3,(H,24,27)(H,25,26). The van der Waals surface area contributed by atoms with Crippen LogP contribution in [0.15, 0.2) is 18.2 Å². The van der Waals surface area contributed by atoms with Crippen molar-refractivity contribution in [3.8, 4) is 0 Å². The lowest BCUT2D eigenvalue weighted by atomic mass is 9.49. The minimum atomic E-state index is -0.0876. The van der Waals surface area contributed by atoms with Crippen molar-refractivity contribution in [2.75, 3.05) is 11.9 Å². The van der Waals surface area contributed by atoms with Gasteiger partial charge in [0.15, 0.2) is 0 Å². The van der Waals surface area contributed by atoms with E-state index in [9.17, 15) is 9.59 Å². The van der Waals surface area contributed by atoms with Crippen molar-refractivity contribution in [2.45, 2.75) is 65.2 Å². The van der Waals surface area contributed by atoms with E-state index in [1.54, 1.807) is 0 Å². The number of benzene rings is 1. The van der Waals surface area contributed by atoms with Crippen molar-refractivity contribution >= 4 is 17.5 Å². The molecule has 4 bridgehead atoms. The fraction of sp³-hybridized carbons (Fsp3) is 0.652. The molecule has 27 heavy (non-hydrogen) atoms. The van der Waals surface area contributed by atoms with Crippen LogP contribution in [0.5, 0.6) is 0 Å². The Hall–Kier alpha value is -1.84. The van der Waals surface area contributed by atoms with Crippen LogP contribution < -0.4 is 10.6 Å². The van der Waals surface area contributed by atoms with Crippen molar-refractivity contribution in [1.82, 2.24) is 5.32 Å². The molecule has 4 aliphatic carbocycles. The Labute approximate surface area is 162 Å². The zero-order valence-corrected chi connectivity index (χ0v) is 16.6. The SMILES string of the molecule is Cc1ccc(C)c(NC(=O)CCCNC(=O)C23CC4CC(CC(C4)C2)C3)c1. The Morgan fingerprint density at radius 1 is 1.04 bits per heavy atom. The van der Waals surface area contributed by atoms with Gasteiger partial charge in [-0.25, -0.2) is 0 Å². The van der Waals surface area contributed by atoms with Gasteiger partial charge in [0.1, 0.15) is 0 Å². The average molecular weight is 369 g/mol. The minimum absolute atomic E-state index is 0.0211. The number of nitrogens with one attached hydrogen (secondary N) is 2. The minimum Gasteiger partial charge on any atom is -0.356 e. The molecule has 4 heteroatoms. The molecule has 4 aliphatic rings. The summed E-state index contributed by atoms with van der Waals surface area (Å²) in [4.78, 5) is 25.1. The maximum Gasteiger partial charge on any atom is 0.226 e. The first-order valence-electron chi connectivity index (χ1n) is 10.6. The van der Waals surface area contributed by atoms with E-state index in [0.29, 0.717) is 19.4 Å². The third-order valence-electron chi connectivity index (χ3n) is 7.05. The van der Waals surface area contributed by atoms with E-state index >= 15 is 0 Å². The van der Waals surface area contributed by atoms with Crippen molar-refractivity contribution in [3.63, 3.8) is 0 Å². The Balaban J connectivity index is 1.23. The zero-order chi connectivity index (χ0) is 19.0. The zero-order valence-electron chi connectivity index (χ0n) is 16.6. The summed E-state index contributed by atoms with van der Waals surface area (Å²) in [5.74, 6) is 2.63. The first-order chi connectivity index (χ1) is 12.9. The Bertz CT molecular complexity index is 705. The molecule has 4 fully saturated rings. The van der Waals surface area contributed by atoms with Crippen LogP contribution in [-0.4, -0.2) is 18.4 Å². The number of anilines is 1. The maximum atomic E-state index is 12.9. The highest BCUT2D eigenvalue weighted by Gasteiger charge is 2.54. The van der Waals surface area contributed by atoms with Gasteiger partial charge in [0.2, 0.25) is 11.8 Å². The van der Waals surface area contributed by atoms with Crippen LogP contribution >= 0.6 is 0 Å². The highest BCUT2D eigenvalue weighted by Crippen LogP contribution is 2.60.